The van der Waals surface area contributed by atoms with Gasteiger partial charge in [0.2, 0.25) is 0 Å². The molecule has 4 heteroatoms. The summed E-state index contributed by atoms with van der Waals surface area (Å²) in [5.74, 6) is 1.68. The van der Waals surface area contributed by atoms with Gasteiger partial charge in [0, 0.05) is 18.0 Å². The smallest absolute Gasteiger partial charge is 0.273 e. The molecular weight excluding hydrogens is 216 g/mol. The first-order valence-corrected chi connectivity index (χ1v) is 6.39. The number of hydrogen-bond donors (Lipinski definition) is 1. The summed E-state index contributed by atoms with van der Waals surface area (Å²) in [6.07, 6.45) is 3.35. The number of nitrogens with one attached hydrogen (secondary N) is 1. The van der Waals surface area contributed by atoms with Gasteiger partial charge in [0.1, 0.15) is 5.76 Å². The second-order valence-corrected chi connectivity index (χ2v) is 5.04. The predicted molar refractivity (Wildman–Crippen MR) is 64.9 cm³/mol. The molecule has 2 atom stereocenters. The van der Waals surface area contributed by atoms with E-state index in [0.717, 1.165) is 25.0 Å². The van der Waals surface area contributed by atoms with Crippen molar-refractivity contribution in [3.05, 3.63) is 17.5 Å². The summed E-state index contributed by atoms with van der Waals surface area (Å²) in [4.78, 5) is 11.9. The number of rotatable bonds is 5. The highest BCUT2D eigenvalue weighted by atomic mass is 16.5. The molecule has 1 aromatic rings. The van der Waals surface area contributed by atoms with Gasteiger partial charge in [-0.05, 0) is 25.7 Å². The molecule has 17 heavy (non-hydrogen) atoms. The first-order chi connectivity index (χ1) is 8.11. The standard InChI is InChI=1S/C13H20N2O2/c1-4-8(2)9(3)14-13(16)11-7-12(17-15-11)10-5-6-10/h7-10H,4-6H2,1-3H3,(H,14,16)/t8-,9+/m0/s1. The van der Waals surface area contributed by atoms with E-state index in [1.54, 1.807) is 6.07 Å². The van der Waals surface area contributed by atoms with E-state index in [1.165, 1.54) is 0 Å². The van der Waals surface area contributed by atoms with Crippen LogP contribution in [0.5, 0.6) is 0 Å². The fraction of sp³-hybridized carbons (Fsp3) is 0.692. The minimum absolute atomic E-state index is 0.131. The van der Waals surface area contributed by atoms with Crippen LogP contribution in [0.3, 0.4) is 0 Å². The monoisotopic (exact) mass is 236 g/mol. The summed E-state index contributed by atoms with van der Waals surface area (Å²) in [5, 5.41) is 6.79. The summed E-state index contributed by atoms with van der Waals surface area (Å²) < 4.78 is 5.17. The Kier molecular flexibility index (Phi) is 3.50. The molecule has 1 aliphatic carbocycles. The normalized spacial score (nSPS) is 18.8. The zero-order valence-corrected chi connectivity index (χ0v) is 10.7. The van der Waals surface area contributed by atoms with Crippen LogP contribution in [0.25, 0.3) is 0 Å². The molecule has 0 aromatic carbocycles. The van der Waals surface area contributed by atoms with Gasteiger partial charge in [0.15, 0.2) is 5.69 Å². The second kappa shape index (κ2) is 4.90. The Morgan fingerprint density at radius 2 is 2.29 bits per heavy atom. The molecule has 0 aliphatic heterocycles. The molecule has 2 rings (SSSR count). The predicted octanol–water partition coefficient (Wildman–Crippen LogP) is 2.72. The van der Waals surface area contributed by atoms with Gasteiger partial charge in [0.05, 0.1) is 0 Å². The fourth-order valence-corrected chi connectivity index (χ4v) is 1.73. The lowest BCUT2D eigenvalue weighted by atomic mass is 10.0. The lowest BCUT2D eigenvalue weighted by Crippen LogP contribution is -2.37. The van der Waals surface area contributed by atoms with Crippen LogP contribution in [-0.2, 0) is 0 Å². The molecule has 0 radical (unpaired) electrons. The highest BCUT2D eigenvalue weighted by molar-refractivity contribution is 5.92. The van der Waals surface area contributed by atoms with Crippen molar-refractivity contribution in [2.45, 2.75) is 52.0 Å². The average Bonchev–Trinajstić information content (AvgIpc) is 3.05. The number of amides is 1. The molecule has 1 heterocycles. The van der Waals surface area contributed by atoms with Crippen LogP contribution in [0.15, 0.2) is 10.6 Å². The summed E-state index contributed by atoms with van der Waals surface area (Å²) in [5.41, 5.74) is 0.405. The van der Waals surface area contributed by atoms with Crippen LogP contribution < -0.4 is 5.32 Å². The Bertz CT molecular complexity index is 396. The molecular formula is C13H20N2O2. The molecule has 1 saturated carbocycles. The van der Waals surface area contributed by atoms with E-state index in [4.69, 9.17) is 4.52 Å². The summed E-state index contributed by atoms with van der Waals surface area (Å²) in [7, 11) is 0. The Labute approximate surface area is 102 Å². The number of hydrogen-bond acceptors (Lipinski definition) is 3. The van der Waals surface area contributed by atoms with E-state index in [2.05, 4.69) is 24.3 Å². The van der Waals surface area contributed by atoms with Gasteiger partial charge in [-0.2, -0.15) is 0 Å². The molecule has 1 N–H and O–H groups in total. The molecule has 0 spiro atoms. The van der Waals surface area contributed by atoms with Crippen LogP contribution in [0.4, 0.5) is 0 Å². The first-order valence-electron chi connectivity index (χ1n) is 6.39. The van der Waals surface area contributed by atoms with E-state index in [0.29, 0.717) is 17.5 Å². The van der Waals surface area contributed by atoms with Gasteiger partial charge in [0.25, 0.3) is 5.91 Å². The third-order valence-electron chi connectivity index (χ3n) is 3.60. The van der Waals surface area contributed by atoms with E-state index in [-0.39, 0.29) is 11.9 Å². The van der Waals surface area contributed by atoms with Gasteiger partial charge in [-0.25, -0.2) is 0 Å². The lowest BCUT2D eigenvalue weighted by molar-refractivity contribution is 0.0919. The largest absolute Gasteiger partial charge is 0.360 e. The van der Waals surface area contributed by atoms with Crippen LogP contribution >= 0.6 is 0 Å². The van der Waals surface area contributed by atoms with Gasteiger partial charge >= 0.3 is 0 Å². The zero-order valence-electron chi connectivity index (χ0n) is 10.7. The SMILES string of the molecule is CC[C@H](C)[C@@H](C)NC(=O)c1cc(C2CC2)on1. The second-order valence-electron chi connectivity index (χ2n) is 5.04. The fourth-order valence-electron chi connectivity index (χ4n) is 1.73. The summed E-state index contributed by atoms with van der Waals surface area (Å²) >= 11 is 0. The number of nitrogens with zero attached hydrogens (tertiary/aromatic N) is 1. The molecule has 1 fully saturated rings. The Balaban J connectivity index is 1.94. The lowest BCUT2D eigenvalue weighted by Gasteiger charge is -2.18. The van der Waals surface area contributed by atoms with E-state index in [1.807, 2.05) is 6.92 Å². The van der Waals surface area contributed by atoms with Crippen molar-refractivity contribution < 1.29 is 9.32 Å². The van der Waals surface area contributed by atoms with Crippen LogP contribution in [0.2, 0.25) is 0 Å². The molecule has 0 unspecified atom stereocenters. The molecule has 1 amide bonds. The van der Waals surface area contributed by atoms with Gasteiger partial charge < -0.3 is 9.84 Å². The highest BCUT2D eigenvalue weighted by Gasteiger charge is 2.29. The van der Waals surface area contributed by atoms with Gasteiger partial charge in [-0.3, -0.25) is 4.79 Å². The maximum absolute atomic E-state index is 11.9. The Hall–Kier alpha value is -1.32. The molecule has 94 valence electrons. The van der Waals surface area contributed by atoms with Crippen molar-refractivity contribution in [1.82, 2.24) is 10.5 Å². The van der Waals surface area contributed by atoms with E-state index >= 15 is 0 Å². The third-order valence-corrected chi connectivity index (χ3v) is 3.60. The molecule has 1 aliphatic rings. The molecule has 0 bridgehead atoms. The van der Waals surface area contributed by atoms with E-state index < -0.39 is 0 Å². The Morgan fingerprint density at radius 3 is 2.88 bits per heavy atom. The maximum atomic E-state index is 11.9. The maximum Gasteiger partial charge on any atom is 0.273 e. The number of carbonyl (C=O) groups is 1. The van der Waals surface area contributed by atoms with Crippen molar-refractivity contribution in [3.8, 4) is 0 Å². The highest BCUT2D eigenvalue weighted by Crippen LogP contribution is 2.40. The van der Waals surface area contributed by atoms with Crippen LogP contribution in [-0.4, -0.2) is 17.1 Å². The molecule has 0 saturated heterocycles. The van der Waals surface area contributed by atoms with Crippen molar-refractivity contribution in [1.29, 1.82) is 0 Å². The van der Waals surface area contributed by atoms with Crippen molar-refractivity contribution >= 4 is 5.91 Å². The van der Waals surface area contributed by atoms with Gasteiger partial charge in [-0.1, -0.05) is 25.4 Å². The Morgan fingerprint density at radius 1 is 1.59 bits per heavy atom. The van der Waals surface area contributed by atoms with Crippen LogP contribution in [0, 0.1) is 5.92 Å². The topological polar surface area (TPSA) is 55.1 Å². The summed E-state index contributed by atoms with van der Waals surface area (Å²) in [6.45, 7) is 6.27. The van der Waals surface area contributed by atoms with Crippen molar-refractivity contribution in [3.63, 3.8) is 0 Å². The third kappa shape index (κ3) is 2.87. The molecule has 4 nitrogen and oxygen atoms in total. The zero-order chi connectivity index (χ0) is 12.4. The van der Waals surface area contributed by atoms with Crippen molar-refractivity contribution in [2.24, 2.45) is 5.92 Å². The molecule has 1 aromatic heterocycles. The number of aromatic nitrogens is 1. The quantitative estimate of drug-likeness (QED) is 0.855. The minimum atomic E-state index is -0.131. The number of carbonyl (C=O) groups excluding carboxylic acids is 1. The average molecular weight is 236 g/mol. The van der Waals surface area contributed by atoms with E-state index in [9.17, 15) is 4.79 Å². The minimum Gasteiger partial charge on any atom is -0.360 e. The summed E-state index contributed by atoms with van der Waals surface area (Å²) in [6, 6.07) is 1.93. The van der Waals surface area contributed by atoms with Gasteiger partial charge in [-0.15, -0.1) is 0 Å². The van der Waals surface area contributed by atoms with Crippen LogP contribution in [0.1, 0.15) is 62.2 Å². The van der Waals surface area contributed by atoms with Crippen molar-refractivity contribution in [2.75, 3.05) is 0 Å². The first kappa shape index (κ1) is 12.1.